The summed E-state index contributed by atoms with van der Waals surface area (Å²) in [6.07, 6.45) is 0. The molecule has 0 fully saturated rings. The molecule has 6 heteroatoms. The third-order valence-corrected chi connectivity index (χ3v) is 3.85. The highest BCUT2D eigenvalue weighted by Crippen LogP contribution is 2.29. The van der Waals surface area contributed by atoms with Gasteiger partial charge in [0.05, 0.1) is 6.61 Å². The van der Waals surface area contributed by atoms with Gasteiger partial charge in [-0.3, -0.25) is 4.98 Å². The Bertz CT molecular complexity index is 568. The largest absolute Gasteiger partial charge is 0.383 e. The third kappa shape index (κ3) is 3.52. The first-order valence-electron chi connectivity index (χ1n) is 6.66. The van der Waals surface area contributed by atoms with Crippen LogP contribution in [0.2, 0.25) is 0 Å². The monoisotopic (exact) mass is 292 g/mol. The first-order valence-corrected chi connectivity index (χ1v) is 7.47. The SMILES string of the molecule is COCCNc1nnc(-c2ccc(C(C)C)nc2C)s1. The van der Waals surface area contributed by atoms with E-state index in [1.807, 2.05) is 6.92 Å². The Hall–Kier alpha value is -1.53. The van der Waals surface area contributed by atoms with Gasteiger partial charge in [-0.15, -0.1) is 10.2 Å². The molecule has 0 saturated carbocycles. The van der Waals surface area contributed by atoms with Crippen molar-refractivity contribution in [3.05, 3.63) is 23.5 Å². The van der Waals surface area contributed by atoms with E-state index in [1.54, 1.807) is 7.11 Å². The summed E-state index contributed by atoms with van der Waals surface area (Å²) in [5.74, 6) is 0.434. The summed E-state index contributed by atoms with van der Waals surface area (Å²) in [6, 6.07) is 4.14. The van der Waals surface area contributed by atoms with Gasteiger partial charge < -0.3 is 10.1 Å². The van der Waals surface area contributed by atoms with Crippen molar-refractivity contribution in [3.8, 4) is 10.6 Å². The Morgan fingerprint density at radius 1 is 1.30 bits per heavy atom. The molecule has 2 aromatic heterocycles. The zero-order valence-corrected chi connectivity index (χ0v) is 13.1. The maximum absolute atomic E-state index is 4.99. The van der Waals surface area contributed by atoms with Gasteiger partial charge in [-0.05, 0) is 25.0 Å². The number of pyridine rings is 1. The molecule has 0 aromatic carbocycles. The van der Waals surface area contributed by atoms with E-state index in [2.05, 4.69) is 46.5 Å². The highest BCUT2D eigenvalue weighted by atomic mass is 32.1. The van der Waals surface area contributed by atoms with Gasteiger partial charge >= 0.3 is 0 Å². The number of ether oxygens (including phenoxy) is 1. The Morgan fingerprint density at radius 2 is 2.10 bits per heavy atom. The molecule has 0 aliphatic carbocycles. The lowest BCUT2D eigenvalue weighted by Crippen LogP contribution is -2.06. The minimum Gasteiger partial charge on any atom is -0.383 e. The van der Waals surface area contributed by atoms with Gasteiger partial charge in [-0.25, -0.2) is 0 Å². The number of methoxy groups -OCH3 is 1. The van der Waals surface area contributed by atoms with Gasteiger partial charge in [0.25, 0.3) is 0 Å². The molecule has 2 aromatic rings. The molecule has 0 aliphatic rings. The number of aromatic nitrogens is 3. The van der Waals surface area contributed by atoms with Crippen LogP contribution < -0.4 is 5.32 Å². The Labute approximate surface area is 123 Å². The lowest BCUT2D eigenvalue weighted by molar-refractivity contribution is 0.211. The molecule has 0 amide bonds. The molecular weight excluding hydrogens is 272 g/mol. The standard InChI is InChI=1S/C14H20N4OS/c1-9(2)12-6-5-11(10(3)16-12)13-17-18-14(20-13)15-7-8-19-4/h5-6,9H,7-8H2,1-4H3,(H,15,18). The molecule has 0 bridgehead atoms. The van der Waals surface area contributed by atoms with Gasteiger partial charge in [0.1, 0.15) is 0 Å². The normalized spacial score (nSPS) is 11.1. The fourth-order valence-electron chi connectivity index (χ4n) is 1.79. The van der Waals surface area contributed by atoms with Crippen LogP contribution in [0.25, 0.3) is 10.6 Å². The van der Waals surface area contributed by atoms with E-state index in [-0.39, 0.29) is 0 Å². The average molecular weight is 292 g/mol. The maximum atomic E-state index is 4.99. The number of hydrogen-bond acceptors (Lipinski definition) is 6. The van der Waals surface area contributed by atoms with Crippen LogP contribution in [0.3, 0.4) is 0 Å². The van der Waals surface area contributed by atoms with Crippen LogP contribution >= 0.6 is 11.3 Å². The molecule has 20 heavy (non-hydrogen) atoms. The van der Waals surface area contributed by atoms with Crippen LogP contribution in [0.5, 0.6) is 0 Å². The van der Waals surface area contributed by atoms with Crippen molar-refractivity contribution in [2.24, 2.45) is 0 Å². The second-order valence-electron chi connectivity index (χ2n) is 4.86. The summed E-state index contributed by atoms with van der Waals surface area (Å²) in [6.45, 7) is 7.68. The summed E-state index contributed by atoms with van der Waals surface area (Å²) in [4.78, 5) is 4.63. The van der Waals surface area contributed by atoms with Gasteiger partial charge in [0.15, 0.2) is 5.01 Å². The number of anilines is 1. The van der Waals surface area contributed by atoms with Crippen molar-refractivity contribution >= 4 is 16.5 Å². The van der Waals surface area contributed by atoms with E-state index >= 15 is 0 Å². The summed E-state index contributed by atoms with van der Waals surface area (Å²) in [5.41, 5.74) is 3.15. The molecule has 0 aliphatic heterocycles. The average Bonchev–Trinajstić information content (AvgIpc) is 2.87. The number of nitrogens with one attached hydrogen (secondary N) is 1. The highest BCUT2D eigenvalue weighted by molar-refractivity contribution is 7.18. The van der Waals surface area contributed by atoms with Gasteiger partial charge in [0.2, 0.25) is 5.13 Å². The first kappa shape index (κ1) is 14.9. The Balaban J connectivity index is 2.15. The minimum absolute atomic E-state index is 0.434. The van der Waals surface area contributed by atoms with Crippen molar-refractivity contribution in [2.75, 3.05) is 25.6 Å². The topological polar surface area (TPSA) is 59.9 Å². The second kappa shape index (κ2) is 6.76. The van der Waals surface area contributed by atoms with Crippen molar-refractivity contribution < 1.29 is 4.74 Å². The van der Waals surface area contributed by atoms with Crippen LogP contribution in [-0.4, -0.2) is 35.4 Å². The number of hydrogen-bond donors (Lipinski definition) is 1. The van der Waals surface area contributed by atoms with Crippen LogP contribution in [0.4, 0.5) is 5.13 Å². The molecule has 5 nitrogen and oxygen atoms in total. The van der Waals surface area contributed by atoms with Crippen LogP contribution in [0.15, 0.2) is 12.1 Å². The number of aryl methyl sites for hydroxylation is 1. The number of rotatable bonds is 6. The molecule has 2 rings (SSSR count). The fraction of sp³-hybridized carbons (Fsp3) is 0.500. The van der Waals surface area contributed by atoms with Gasteiger partial charge in [-0.2, -0.15) is 0 Å². The molecule has 0 spiro atoms. The van der Waals surface area contributed by atoms with E-state index in [0.29, 0.717) is 12.5 Å². The van der Waals surface area contributed by atoms with Crippen LogP contribution in [-0.2, 0) is 4.74 Å². The third-order valence-electron chi connectivity index (χ3n) is 2.94. The first-order chi connectivity index (χ1) is 9.61. The van der Waals surface area contributed by atoms with E-state index < -0.39 is 0 Å². The smallest absolute Gasteiger partial charge is 0.206 e. The summed E-state index contributed by atoms with van der Waals surface area (Å²) in [5, 5.41) is 13.3. The van der Waals surface area contributed by atoms with Crippen molar-refractivity contribution in [3.63, 3.8) is 0 Å². The summed E-state index contributed by atoms with van der Waals surface area (Å²) in [7, 11) is 1.68. The Morgan fingerprint density at radius 3 is 2.75 bits per heavy atom. The maximum Gasteiger partial charge on any atom is 0.206 e. The number of nitrogens with zero attached hydrogens (tertiary/aromatic N) is 3. The van der Waals surface area contributed by atoms with Crippen molar-refractivity contribution in [1.29, 1.82) is 0 Å². The Kier molecular flexibility index (Phi) is 5.03. The molecule has 0 atom stereocenters. The molecule has 1 N–H and O–H groups in total. The highest BCUT2D eigenvalue weighted by Gasteiger charge is 2.11. The van der Waals surface area contributed by atoms with Crippen LogP contribution in [0.1, 0.15) is 31.2 Å². The molecular formula is C14H20N4OS. The van der Waals surface area contributed by atoms with E-state index in [1.165, 1.54) is 11.3 Å². The quantitative estimate of drug-likeness (QED) is 0.829. The van der Waals surface area contributed by atoms with Gasteiger partial charge in [-0.1, -0.05) is 25.2 Å². The predicted octanol–water partition coefficient (Wildman–Crippen LogP) is 3.09. The molecule has 2 heterocycles. The van der Waals surface area contributed by atoms with Crippen molar-refractivity contribution in [1.82, 2.24) is 15.2 Å². The lowest BCUT2D eigenvalue weighted by atomic mass is 10.1. The second-order valence-corrected chi connectivity index (χ2v) is 5.83. The van der Waals surface area contributed by atoms with E-state index in [0.717, 1.165) is 33.6 Å². The minimum atomic E-state index is 0.434. The molecule has 0 radical (unpaired) electrons. The van der Waals surface area contributed by atoms with Gasteiger partial charge in [0, 0.05) is 30.6 Å². The van der Waals surface area contributed by atoms with E-state index in [9.17, 15) is 0 Å². The molecule has 108 valence electrons. The summed E-state index contributed by atoms with van der Waals surface area (Å²) < 4.78 is 4.99. The molecule has 0 saturated heterocycles. The van der Waals surface area contributed by atoms with E-state index in [4.69, 9.17) is 4.74 Å². The van der Waals surface area contributed by atoms with Crippen molar-refractivity contribution in [2.45, 2.75) is 26.7 Å². The zero-order valence-electron chi connectivity index (χ0n) is 12.3. The zero-order chi connectivity index (χ0) is 14.5. The lowest BCUT2D eigenvalue weighted by Gasteiger charge is -2.07. The molecule has 0 unspecified atom stereocenters. The fourth-order valence-corrected chi connectivity index (χ4v) is 2.64. The summed E-state index contributed by atoms with van der Waals surface area (Å²) >= 11 is 1.54. The van der Waals surface area contributed by atoms with Crippen LogP contribution in [0, 0.1) is 6.92 Å². The predicted molar refractivity (Wildman–Crippen MR) is 82.3 cm³/mol.